The molecule has 0 aliphatic carbocycles. The molecule has 110 valence electrons. The average molecular weight is 298 g/mol. The lowest BCUT2D eigenvalue weighted by Crippen LogP contribution is -2.41. The van der Waals surface area contributed by atoms with Crippen LogP contribution >= 0.6 is 11.6 Å². The zero-order valence-electron chi connectivity index (χ0n) is 11.7. The minimum atomic E-state index is -0.637. The van der Waals surface area contributed by atoms with Gasteiger partial charge in [0, 0.05) is 12.2 Å². The number of hydrogen-bond acceptors (Lipinski definition) is 3. The molecule has 0 atom stereocenters. The highest BCUT2D eigenvalue weighted by molar-refractivity contribution is 6.34. The fourth-order valence-corrected chi connectivity index (χ4v) is 2.22. The standard InChI is InChI=1S/C14H20ClN3O2/c1-3-14(4-2,8-16)13(20)18-9-5-6-11(15)10(7-9)12(17)19/h5-7H,3-4,8,16H2,1-2H3,(H2,17,19)(H,18,20). The second-order valence-corrected chi connectivity index (χ2v) is 5.11. The van der Waals surface area contributed by atoms with Crippen molar-refractivity contribution in [3.8, 4) is 0 Å². The number of rotatable bonds is 6. The summed E-state index contributed by atoms with van der Waals surface area (Å²) in [6, 6.07) is 4.62. The summed E-state index contributed by atoms with van der Waals surface area (Å²) in [6.07, 6.45) is 1.28. The van der Waals surface area contributed by atoms with E-state index in [0.717, 1.165) is 0 Å². The van der Waals surface area contributed by atoms with Crippen molar-refractivity contribution in [3.05, 3.63) is 28.8 Å². The maximum Gasteiger partial charge on any atom is 0.250 e. The first-order valence-corrected chi connectivity index (χ1v) is 6.89. The van der Waals surface area contributed by atoms with E-state index in [9.17, 15) is 9.59 Å². The van der Waals surface area contributed by atoms with Crippen LogP contribution in [0.2, 0.25) is 5.02 Å². The quantitative estimate of drug-likeness (QED) is 0.750. The summed E-state index contributed by atoms with van der Waals surface area (Å²) in [7, 11) is 0. The highest BCUT2D eigenvalue weighted by Crippen LogP contribution is 2.28. The normalized spacial score (nSPS) is 11.2. The lowest BCUT2D eigenvalue weighted by atomic mass is 9.81. The van der Waals surface area contributed by atoms with Crippen molar-refractivity contribution < 1.29 is 9.59 Å². The largest absolute Gasteiger partial charge is 0.366 e. The SMILES string of the molecule is CCC(CC)(CN)C(=O)Nc1ccc(Cl)c(C(N)=O)c1. The topological polar surface area (TPSA) is 98.2 Å². The summed E-state index contributed by atoms with van der Waals surface area (Å²) in [5, 5.41) is 3.03. The third-order valence-corrected chi connectivity index (χ3v) is 4.05. The van der Waals surface area contributed by atoms with Gasteiger partial charge in [-0.2, -0.15) is 0 Å². The number of anilines is 1. The van der Waals surface area contributed by atoms with Gasteiger partial charge in [-0.3, -0.25) is 9.59 Å². The van der Waals surface area contributed by atoms with Crippen molar-refractivity contribution in [1.82, 2.24) is 0 Å². The first kappa shape index (κ1) is 16.5. The maximum absolute atomic E-state index is 12.4. The molecule has 0 saturated heterocycles. The van der Waals surface area contributed by atoms with Crippen LogP contribution in [0.3, 0.4) is 0 Å². The van der Waals surface area contributed by atoms with Gasteiger partial charge in [0.1, 0.15) is 0 Å². The van der Waals surface area contributed by atoms with E-state index in [2.05, 4.69) is 5.32 Å². The average Bonchev–Trinajstić information content (AvgIpc) is 2.43. The predicted molar refractivity (Wildman–Crippen MR) is 80.7 cm³/mol. The number of halogens is 1. The first-order chi connectivity index (χ1) is 9.40. The molecular weight excluding hydrogens is 278 g/mol. The number of carbonyl (C=O) groups excluding carboxylic acids is 2. The second-order valence-electron chi connectivity index (χ2n) is 4.70. The lowest BCUT2D eigenvalue weighted by molar-refractivity contribution is -0.125. The number of carbonyl (C=O) groups is 2. The number of benzene rings is 1. The Morgan fingerprint density at radius 2 is 1.90 bits per heavy atom. The summed E-state index contributed by atoms with van der Waals surface area (Å²) in [5.41, 5.74) is 11.0. The highest BCUT2D eigenvalue weighted by Gasteiger charge is 2.33. The van der Waals surface area contributed by atoms with E-state index < -0.39 is 11.3 Å². The minimum absolute atomic E-state index is 0.164. The molecule has 5 nitrogen and oxygen atoms in total. The third-order valence-electron chi connectivity index (χ3n) is 3.72. The summed E-state index contributed by atoms with van der Waals surface area (Å²) in [5.74, 6) is -0.801. The molecule has 0 heterocycles. The van der Waals surface area contributed by atoms with Crippen LogP contribution in [0.5, 0.6) is 0 Å². The molecule has 20 heavy (non-hydrogen) atoms. The van der Waals surface area contributed by atoms with Crippen molar-refractivity contribution in [2.24, 2.45) is 16.9 Å². The van der Waals surface area contributed by atoms with Crippen LogP contribution in [0.25, 0.3) is 0 Å². The van der Waals surface area contributed by atoms with Crippen LogP contribution in [0.4, 0.5) is 5.69 Å². The van der Waals surface area contributed by atoms with Crippen LogP contribution < -0.4 is 16.8 Å². The number of nitrogens with two attached hydrogens (primary N) is 2. The molecule has 0 spiro atoms. The van der Waals surface area contributed by atoms with Gasteiger partial charge in [0.05, 0.1) is 16.0 Å². The Morgan fingerprint density at radius 3 is 2.35 bits per heavy atom. The lowest BCUT2D eigenvalue weighted by Gasteiger charge is -2.28. The fourth-order valence-electron chi connectivity index (χ4n) is 2.01. The molecule has 0 aliphatic rings. The van der Waals surface area contributed by atoms with Gasteiger partial charge < -0.3 is 16.8 Å². The molecule has 0 aliphatic heterocycles. The van der Waals surface area contributed by atoms with E-state index in [1.807, 2.05) is 13.8 Å². The van der Waals surface area contributed by atoms with Gasteiger partial charge in [0.15, 0.2) is 0 Å². The van der Waals surface area contributed by atoms with Crippen LogP contribution in [0.15, 0.2) is 18.2 Å². The zero-order chi connectivity index (χ0) is 15.3. The molecule has 6 heteroatoms. The molecule has 1 aromatic carbocycles. The number of nitrogens with one attached hydrogen (secondary N) is 1. The van der Waals surface area contributed by atoms with Gasteiger partial charge in [-0.25, -0.2) is 0 Å². The highest BCUT2D eigenvalue weighted by atomic mass is 35.5. The molecule has 0 radical (unpaired) electrons. The summed E-state index contributed by atoms with van der Waals surface area (Å²) < 4.78 is 0. The van der Waals surface area contributed by atoms with Gasteiger partial charge in [-0.1, -0.05) is 25.4 Å². The molecule has 0 fully saturated rings. The molecule has 0 saturated carbocycles. The van der Waals surface area contributed by atoms with E-state index in [-0.39, 0.29) is 23.0 Å². The Labute approximate surface area is 123 Å². The van der Waals surface area contributed by atoms with Crippen LogP contribution in [-0.2, 0) is 4.79 Å². The minimum Gasteiger partial charge on any atom is -0.366 e. The maximum atomic E-state index is 12.4. The second kappa shape index (κ2) is 6.72. The molecule has 1 rings (SSSR count). The Kier molecular flexibility index (Phi) is 5.53. The van der Waals surface area contributed by atoms with Gasteiger partial charge in [-0.15, -0.1) is 0 Å². The molecular formula is C14H20ClN3O2. The fraction of sp³-hybridized carbons (Fsp3) is 0.429. The Balaban J connectivity index is 3.02. The summed E-state index contributed by atoms with van der Waals surface area (Å²) in [4.78, 5) is 23.6. The van der Waals surface area contributed by atoms with Gasteiger partial charge in [-0.05, 0) is 31.0 Å². The molecule has 0 bridgehead atoms. The van der Waals surface area contributed by atoms with E-state index in [1.54, 1.807) is 6.07 Å². The number of primary amides is 1. The van der Waals surface area contributed by atoms with Crippen molar-refractivity contribution in [1.29, 1.82) is 0 Å². The van der Waals surface area contributed by atoms with Crippen molar-refractivity contribution >= 4 is 29.1 Å². The molecule has 2 amide bonds. The zero-order valence-corrected chi connectivity index (χ0v) is 12.5. The monoisotopic (exact) mass is 297 g/mol. The molecule has 0 aromatic heterocycles. The van der Waals surface area contributed by atoms with E-state index >= 15 is 0 Å². The van der Waals surface area contributed by atoms with Crippen LogP contribution in [-0.4, -0.2) is 18.4 Å². The van der Waals surface area contributed by atoms with E-state index in [4.69, 9.17) is 23.1 Å². The van der Waals surface area contributed by atoms with Crippen molar-refractivity contribution in [2.75, 3.05) is 11.9 Å². The van der Waals surface area contributed by atoms with Gasteiger partial charge in [0.25, 0.3) is 0 Å². The van der Waals surface area contributed by atoms with Crippen LogP contribution in [0.1, 0.15) is 37.0 Å². The Hall–Kier alpha value is -1.59. The smallest absolute Gasteiger partial charge is 0.250 e. The summed E-state index contributed by atoms with van der Waals surface area (Å²) in [6.45, 7) is 4.11. The van der Waals surface area contributed by atoms with Crippen molar-refractivity contribution in [2.45, 2.75) is 26.7 Å². The molecule has 5 N–H and O–H groups in total. The number of hydrogen-bond donors (Lipinski definition) is 3. The number of amides is 2. The van der Waals surface area contributed by atoms with Crippen molar-refractivity contribution in [3.63, 3.8) is 0 Å². The third kappa shape index (κ3) is 3.29. The van der Waals surface area contributed by atoms with Crippen LogP contribution in [0, 0.1) is 5.41 Å². The molecule has 0 unspecified atom stereocenters. The van der Waals surface area contributed by atoms with E-state index in [1.165, 1.54) is 12.1 Å². The molecule has 1 aromatic rings. The van der Waals surface area contributed by atoms with Gasteiger partial charge in [0.2, 0.25) is 11.8 Å². The predicted octanol–water partition coefficient (Wildman–Crippen LogP) is 2.14. The first-order valence-electron chi connectivity index (χ1n) is 6.51. The Bertz CT molecular complexity index is 505. The Morgan fingerprint density at radius 1 is 1.30 bits per heavy atom. The summed E-state index contributed by atoms with van der Waals surface area (Å²) >= 11 is 5.87. The van der Waals surface area contributed by atoms with Gasteiger partial charge >= 0.3 is 0 Å². The van der Waals surface area contributed by atoms with E-state index in [0.29, 0.717) is 18.5 Å².